The van der Waals surface area contributed by atoms with Gasteiger partial charge in [0.05, 0.1) is 25.0 Å². The molecular formula is C28H44N8O3. The number of hydrogen-bond acceptors (Lipinski definition) is 10. The number of aromatic nitrogens is 4. The smallest absolute Gasteiger partial charge is 0.324 e. The molecule has 0 aliphatic carbocycles. The molecule has 3 aliphatic heterocycles. The summed E-state index contributed by atoms with van der Waals surface area (Å²) in [7, 11) is 0. The van der Waals surface area contributed by atoms with Crippen LogP contribution in [0.15, 0.2) is 16.9 Å². The predicted octanol–water partition coefficient (Wildman–Crippen LogP) is 3.08. The number of ether oxygens (including phenoxy) is 1. The van der Waals surface area contributed by atoms with Gasteiger partial charge in [0, 0.05) is 51.1 Å². The van der Waals surface area contributed by atoms with Crippen molar-refractivity contribution < 1.29 is 14.1 Å². The molecule has 2 N–H and O–H groups in total. The molecule has 2 aromatic rings. The molecule has 2 aromatic heterocycles. The zero-order valence-corrected chi connectivity index (χ0v) is 23.8. The van der Waals surface area contributed by atoms with Gasteiger partial charge >= 0.3 is 6.01 Å². The van der Waals surface area contributed by atoms with Crippen LogP contribution in [0.25, 0.3) is 0 Å². The van der Waals surface area contributed by atoms with E-state index in [-0.39, 0.29) is 23.9 Å². The number of likely N-dealkylation sites (tertiary alicyclic amines) is 1. The molecule has 4 unspecified atom stereocenters. The van der Waals surface area contributed by atoms with Crippen LogP contribution in [-0.2, 0) is 4.79 Å². The van der Waals surface area contributed by atoms with Crippen molar-refractivity contribution in [2.24, 2.45) is 23.5 Å². The second-order valence-corrected chi connectivity index (χ2v) is 12.1. The Kier molecular flexibility index (Phi) is 8.54. The quantitative estimate of drug-likeness (QED) is 0.507. The summed E-state index contributed by atoms with van der Waals surface area (Å²) >= 11 is 0. The number of nitrogens with two attached hydrogens (primary N) is 1. The van der Waals surface area contributed by atoms with Gasteiger partial charge in [-0.05, 0) is 43.4 Å². The van der Waals surface area contributed by atoms with Gasteiger partial charge in [-0.1, -0.05) is 32.9 Å². The van der Waals surface area contributed by atoms with Crippen LogP contribution in [0, 0.1) is 17.8 Å². The lowest BCUT2D eigenvalue weighted by molar-refractivity contribution is -0.137. The zero-order valence-electron chi connectivity index (χ0n) is 23.8. The Morgan fingerprint density at radius 1 is 1.08 bits per heavy atom. The van der Waals surface area contributed by atoms with Gasteiger partial charge in [-0.15, -0.1) is 0 Å². The summed E-state index contributed by atoms with van der Waals surface area (Å²) in [4.78, 5) is 32.5. The van der Waals surface area contributed by atoms with Crippen LogP contribution in [0.5, 0.6) is 5.75 Å². The van der Waals surface area contributed by atoms with Crippen molar-refractivity contribution >= 4 is 17.9 Å². The van der Waals surface area contributed by atoms with E-state index >= 15 is 0 Å². The van der Waals surface area contributed by atoms with E-state index in [0.29, 0.717) is 61.6 Å². The maximum absolute atomic E-state index is 12.6. The van der Waals surface area contributed by atoms with Crippen LogP contribution in [-0.4, -0.2) is 82.3 Å². The first kappa shape index (κ1) is 27.6. The molecule has 5 rings (SSSR count). The lowest BCUT2D eigenvalue weighted by Crippen LogP contribution is -2.52. The van der Waals surface area contributed by atoms with Crippen molar-refractivity contribution in [3.8, 4) is 5.75 Å². The molecule has 1 amide bonds. The van der Waals surface area contributed by atoms with Crippen molar-refractivity contribution in [2.45, 2.75) is 77.8 Å². The molecular weight excluding hydrogens is 496 g/mol. The number of piperidine rings is 2. The molecule has 3 aliphatic rings. The summed E-state index contributed by atoms with van der Waals surface area (Å²) in [5.41, 5.74) is 6.44. The molecule has 5 heterocycles. The summed E-state index contributed by atoms with van der Waals surface area (Å²) in [6.07, 6.45) is 8.34. The SMILES string of the molecule is CC1CCN(C2CN(c3ncc(OCCC(C)C4CCN(c5nc(C(C)C)no5)CC4)cn3)CC2N)C(=O)C1. The van der Waals surface area contributed by atoms with Gasteiger partial charge in [-0.3, -0.25) is 4.79 Å². The molecule has 0 radical (unpaired) electrons. The van der Waals surface area contributed by atoms with Crippen LogP contribution >= 0.6 is 0 Å². The minimum absolute atomic E-state index is 0.0161. The highest BCUT2D eigenvalue weighted by atomic mass is 16.5. The summed E-state index contributed by atoms with van der Waals surface area (Å²) in [6, 6.07) is 0.569. The minimum atomic E-state index is -0.0974. The fourth-order valence-electron chi connectivity index (χ4n) is 6.05. The monoisotopic (exact) mass is 540 g/mol. The number of nitrogens with zero attached hydrogens (tertiary/aromatic N) is 7. The van der Waals surface area contributed by atoms with E-state index in [9.17, 15) is 4.79 Å². The van der Waals surface area contributed by atoms with E-state index in [1.165, 1.54) is 0 Å². The highest BCUT2D eigenvalue weighted by Crippen LogP contribution is 2.30. The van der Waals surface area contributed by atoms with Crippen molar-refractivity contribution in [1.82, 2.24) is 25.0 Å². The van der Waals surface area contributed by atoms with Crippen LogP contribution in [0.1, 0.15) is 71.5 Å². The Hall–Kier alpha value is -2.95. The molecule has 11 heteroatoms. The zero-order chi connectivity index (χ0) is 27.5. The Bertz CT molecular complexity index is 1080. The highest BCUT2D eigenvalue weighted by molar-refractivity contribution is 5.77. The highest BCUT2D eigenvalue weighted by Gasteiger charge is 2.39. The largest absolute Gasteiger partial charge is 0.490 e. The van der Waals surface area contributed by atoms with Gasteiger partial charge in [0.25, 0.3) is 0 Å². The van der Waals surface area contributed by atoms with Gasteiger partial charge < -0.3 is 29.7 Å². The molecule has 3 saturated heterocycles. The van der Waals surface area contributed by atoms with E-state index in [1.807, 2.05) is 4.90 Å². The van der Waals surface area contributed by atoms with Gasteiger partial charge in [0.1, 0.15) is 0 Å². The lowest BCUT2D eigenvalue weighted by atomic mass is 9.84. The normalized spacial score (nSPS) is 25.5. The Morgan fingerprint density at radius 2 is 1.82 bits per heavy atom. The summed E-state index contributed by atoms with van der Waals surface area (Å²) in [5.74, 6) is 4.24. The number of rotatable bonds is 9. The van der Waals surface area contributed by atoms with Gasteiger partial charge in [0.2, 0.25) is 11.9 Å². The predicted molar refractivity (Wildman–Crippen MR) is 149 cm³/mol. The number of amides is 1. The van der Waals surface area contributed by atoms with Crippen LogP contribution in [0.2, 0.25) is 0 Å². The average molecular weight is 541 g/mol. The standard InChI is InChI=1S/C28H44N8O3/c1-18(2)26-32-28(39-33-26)34-9-6-21(7-10-34)20(4)8-12-38-22-14-30-27(31-15-22)35-16-23(29)24(17-35)36-11-5-19(3)13-25(36)37/h14-15,18-21,23-24H,5-13,16-17,29H2,1-4H3. The molecule has 11 nitrogen and oxygen atoms in total. The van der Waals surface area contributed by atoms with Gasteiger partial charge in [0.15, 0.2) is 11.6 Å². The first-order chi connectivity index (χ1) is 18.8. The first-order valence-electron chi connectivity index (χ1n) is 14.6. The molecule has 4 atom stereocenters. The van der Waals surface area contributed by atoms with Crippen molar-refractivity contribution in [2.75, 3.05) is 49.1 Å². The summed E-state index contributed by atoms with van der Waals surface area (Å²) < 4.78 is 11.5. The van der Waals surface area contributed by atoms with Crippen LogP contribution < -0.4 is 20.3 Å². The van der Waals surface area contributed by atoms with Gasteiger partial charge in [-0.25, -0.2) is 9.97 Å². The Balaban J connectivity index is 1.04. The minimum Gasteiger partial charge on any atom is -0.490 e. The maximum atomic E-state index is 12.6. The number of anilines is 2. The lowest BCUT2D eigenvalue weighted by Gasteiger charge is -2.36. The third-order valence-electron chi connectivity index (χ3n) is 8.74. The summed E-state index contributed by atoms with van der Waals surface area (Å²) in [6.45, 7) is 13.2. The van der Waals surface area contributed by atoms with E-state index < -0.39 is 0 Å². The average Bonchev–Trinajstić information content (AvgIpc) is 3.57. The van der Waals surface area contributed by atoms with Crippen molar-refractivity contribution in [3.05, 3.63) is 18.2 Å². The molecule has 0 bridgehead atoms. The fourth-order valence-corrected chi connectivity index (χ4v) is 6.05. The number of hydrogen-bond donors (Lipinski definition) is 1. The topological polar surface area (TPSA) is 127 Å². The van der Waals surface area contributed by atoms with E-state index in [1.54, 1.807) is 12.4 Å². The Labute approximate surface area is 231 Å². The maximum Gasteiger partial charge on any atom is 0.324 e. The molecule has 0 saturated carbocycles. The van der Waals surface area contributed by atoms with Crippen LogP contribution in [0.4, 0.5) is 12.0 Å². The van der Waals surface area contributed by atoms with Crippen LogP contribution in [0.3, 0.4) is 0 Å². The second kappa shape index (κ2) is 12.1. The van der Waals surface area contributed by atoms with Crippen molar-refractivity contribution in [3.63, 3.8) is 0 Å². The molecule has 214 valence electrons. The first-order valence-corrected chi connectivity index (χ1v) is 14.6. The second-order valence-electron chi connectivity index (χ2n) is 12.1. The molecule has 3 fully saturated rings. The third-order valence-corrected chi connectivity index (χ3v) is 8.74. The summed E-state index contributed by atoms with van der Waals surface area (Å²) in [5, 5.41) is 4.10. The van der Waals surface area contributed by atoms with E-state index in [0.717, 1.165) is 51.1 Å². The van der Waals surface area contributed by atoms with E-state index in [2.05, 4.69) is 57.6 Å². The van der Waals surface area contributed by atoms with Gasteiger partial charge in [-0.2, -0.15) is 4.98 Å². The fraction of sp³-hybridized carbons (Fsp3) is 0.750. The molecule has 39 heavy (non-hydrogen) atoms. The molecule has 0 spiro atoms. The third kappa shape index (κ3) is 6.45. The number of carbonyl (C=O) groups is 1. The molecule has 0 aromatic carbocycles. The van der Waals surface area contributed by atoms with Crippen molar-refractivity contribution in [1.29, 1.82) is 0 Å². The van der Waals surface area contributed by atoms with E-state index in [4.69, 9.17) is 15.0 Å². The number of carbonyl (C=O) groups excluding carboxylic acids is 1. The Morgan fingerprint density at radius 3 is 2.49 bits per heavy atom.